The van der Waals surface area contributed by atoms with Gasteiger partial charge in [0.2, 0.25) is 0 Å². The Morgan fingerprint density at radius 1 is 0.442 bits per heavy atom. The Kier molecular flexibility index (Phi) is 41.1. The molecule has 0 aromatic carbocycles. The van der Waals surface area contributed by atoms with E-state index in [4.69, 9.17) is 9.84 Å². The van der Waals surface area contributed by atoms with Crippen molar-refractivity contribution < 1.29 is 19.4 Å². The fraction of sp³-hybridized carbons (Fsp3) is 0.750. The van der Waals surface area contributed by atoms with Crippen LogP contribution in [0.1, 0.15) is 226 Å². The van der Waals surface area contributed by atoms with Gasteiger partial charge in [0.1, 0.15) is 6.10 Å². The van der Waals surface area contributed by atoms with Gasteiger partial charge in [-0.3, -0.25) is 9.59 Å². The Bertz CT molecular complexity index is 911. The number of ether oxygens (including phenoxy) is 1. The Labute approximate surface area is 323 Å². The number of esters is 1. The van der Waals surface area contributed by atoms with Crippen molar-refractivity contribution in [1.82, 2.24) is 0 Å². The first-order chi connectivity index (χ1) is 25.6. The van der Waals surface area contributed by atoms with Gasteiger partial charge >= 0.3 is 11.9 Å². The van der Waals surface area contributed by atoms with Crippen molar-refractivity contribution >= 4 is 11.9 Å². The lowest BCUT2D eigenvalue weighted by molar-refractivity contribution is -0.150. The summed E-state index contributed by atoms with van der Waals surface area (Å²) in [7, 11) is 0. The van der Waals surface area contributed by atoms with E-state index in [0.717, 1.165) is 77.0 Å². The zero-order valence-corrected chi connectivity index (χ0v) is 34.4. The van der Waals surface area contributed by atoms with Gasteiger partial charge in [0.25, 0.3) is 0 Å². The lowest BCUT2D eigenvalue weighted by Gasteiger charge is -2.18. The summed E-state index contributed by atoms with van der Waals surface area (Å²) in [5.41, 5.74) is 0. The lowest BCUT2D eigenvalue weighted by Crippen LogP contribution is -2.18. The van der Waals surface area contributed by atoms with E-state index in [1.165, 1.54) is 122 Å². The van der Waals surface area contributed by atoms with Gasteiger partial charge in [-0.15, -0.1) is 0 Å². The summed E-state index contributed by atoms with van der Waals surface area (Å²) >= 11 is 0. The second-order valence-corrected chi connectivity index (χ2v) is 14.9. The van der Waals surface area contributed by atoms with E-state index in [-0.39, 0.29) is 12.1 Å². The summed E-state index contributed by atoms with van der Waals surface area (Å²) in [6, 6.07) is 0. The van der Waals surface area contributed by atoms with E-state index >= 15 is 0 Å². The van der Waals surface area contributed by atoms with Crippen molar-refractivity contribution in [1.29, 1.82) is 0 Å². The molecule has 0 aromatic rings. The van der Waals surface area contributed by atoms with Crippen molar-refractivity contribution in [3.8, 4) is 0 Å². The molecular weight excluding hydrogens is 641 g/mol. The van der Waals surface area contributed by atoms with Crippen molar-refractivity contribution in [2.24, 2.45) is 0 Å². The van der Waals surface area contributed by atoms with Crippen LogP contribution < -0.4 is 0 Å². The number of carbonyl (C=O) groups is 2. The van der Waals surface area contributed by atoms with Crippen molar-refractivity contribution in [2.45, 2.75) is 232 Å². The highest BCUT2D eigenvalue weighted by atomic mass is 16.5. The first-order valence-electron chi connectivity index (χ1n) is 22.3. The number of hydrogen-bond acceptors (Lipinski definition) is 3. The van der Waals surface area contributed by atoms with Crippen LogP contribution in [0.15, 0.2) is 60.8 Å². The second-order valence-electron chi connectivity index (χ2n) is 14.9. The van der Waals surface area contributed by atoms with E-state index < -0.39 is 5.97 Å². The molecule has 0 aromatic heterocycles. The number of allylic oxidation sites excluding steroid dienone is 10. The van der Waals surface area contributed by atoms with Gasteiger partial charge < -0.3 is 9.84 Å². The highest BCUT2D eigenvalue weighted by molar-refractivity contribution is 5.69. The first-order valence-corrected chi connectivity index (χ1v) is 22.3. The standard InChI is InChI=1S/C48H84O4/c1-3-5-7-9-10-11-12-13-14-15-16-17-18-19-20-25-28-31-34-37-41-45-48(51)52-46(42-38-8-6-4-2)43-39-35-32-29-26-23-21-22-24-27-30-33-36-40-44-47(49)50/h5,7,10-11,13-14,16-17,19-20,46H,3-4,6,8-9,12,15,18,21-45H2,1-2H3,(H,49,50)/b7-5-,11-10-,14-13-,17-16-,20-19-. The fourth-order valence-corrected chi connectivity index (χ4v) is 6.51. The number of carboxylic acid groups (broad SMARTS) is 1. The van der Waals surface area contributed by atoms with Crippen LogP contribution in [0.5, 0.6) is 0 Å². The zero-order valence-electron chi connectivity index (χ0n) is 34.4. The Morgan fingerprint density at radius 3 is 1.25 bits per heavy atom. The van der Waals surface area contributed by atoms with Crippen LogP contribution in [0, 0.1) is 0 Å². The van der Waals surface area contributed by atoms with Crippen LogP contribution in [-0.2, 0) is 14.3 Å². The maximum Gasteiger partial charge on any atom is 0.306 e. The predicted molar refractivity (Wildman–Crippen MR) is 227 cm³/mol. The minimum atomic E-state index is -0.667. The highest BCUT2D eigenvalue weighted by Crippen LogP contribution is 2.19. The topological polar surface area (TPSA) is 63.6 Å². The highest BCUT2D eigenvalue weighted by Gasteiger charge is 2.14. The number of rotatable bonds is 40. The van der Waals surface area contributed by atoms with E-state index in [2.05, 4.69) is 74.6 Å². The summed E-state index contributed by atoms with van der Waals surface area (Å²) in [6.07, 6.45) is 60.0. The summed E-state index contributed by atoms with van der Waals surface area (Å²) in [4.78, 5) is 23.2. The summed E-state index contributed by atoms with van der Waals surface area (Å²) in [5, 5.41) is 8.69. The normalized spacial score (nSPS) is 12.8. The quantitative estimate of drug-likeness (QED) is 0.0388. The fourth-order valence-electron chi connectivity index (χ4n) is 6.51. The molecule has 0 spiro atoms. The molecule has 1 atom stereocenters. The average Bonchev–Trinajstić information content (AvgIpc) is 3.13. The van der Waals surface area contributed by atoms with Crippen LogP contribution in [0.4, 0.5) is 0 Å². The number of unbranched alkanes of at least 4 members (excludes halogenated alkanes) is 21. The molecule has 0 radical (unpaired) electrons. The molecule has 1 N–H and O–H groups in total. The zero-order chi connectivity index (χ0) is 37.8. The molecule has 0 aliphatic carbocycles. The molecule has 0 aliphatic heterocycles. The molecule has 0 heterocycles. The van der Waals surface area contributed by atoms with Crippen molar-refractivity contribution in [3.05, 3.63) is 60.8 Å². The second kappa shape index (κ2) is 43.0. The van der Waals surface area contributed by atoms with Crippen LogP contribution in [0.2, 0.25) is 0 Å². The van der Waals surface area contributed by atoms with Gasteiger partial charge in [-0.25, -0.2) is 0 Å². The van der Waals surface area contributed by atoms with E-state index in [1.807, 2.05) is 0 Å². The van der Waals surface area contributed by atoms with Crippen LogP contribution in [0.25, 0.3) is 0 Å². The molecule has 0 amide bonds. The van der Waals surface area contributed by atoms with Crippen molar-refractivity contribution in [2.75, 3.05) is 0 Å². The number of hydrogen-bond donors (Lipinski definition) is 1. The third kappa shape index (κ3) is 42.1. The van der Waals surface area contributed by atoms with Gasteiger partial charge in [0.05, 0.1) is 0 Å². The molecule has 0 saturated heterocycles. The van der Waals surface area contributed by atoms with Gasteiger partial charge in [-0.2, -0.15) is 0 Å². The van der Waals surface area contributed by atoms with E-state index in [1.54, 1.807) is 0 Å². The van der Waals surface area contributed by atoms with E-state index in [0.29, 0.717) is 12.8 Å². The number of carbonyl (C=O) groups excluding carboxylic acids is 1. The molecule has 0 fully saturated rings. The minimum Gasteiger partial charge on any atom is -0.481 e. The molecule has 1 unspecified atom stereocenters. The van der Waals surface area contributed by atoms with Crippen molar-refractivity contribution in [3.63, 3.8) is 0 Å². The summed E-state index contributed by atoms with van der Waals surface area (Å²) in [6.45, 7) is 4.41. The molecule has 4 nitrogen and oxygen atoms in total. The SMILES string of the molecule is CC/C=C\C/C=C\C/C=C\C/C=C\C/C=C\CCCCCCCC(=O)OC(CCCCCC)CCCCCCCCCCCCCCCCC(=O)O. The van der Waals surface area contributed by atoms with Gasteiger partial charge in [0, 0.05) is 12.8 Å². The predicted octanol–water partition coefficient (Wildman–Crippen LogP) is 15.7. The van der Waals surface area contributed by atoms with Gasteiger partial charge in [-0.05, 0) is 83.5 Å². The smallest absolute Gasteiger partial charge is 0.306 e. The Morgan fingerprint density at radius 2 is 0.808 bits per heavy atom. The molecule has 0 saturated carbocycles. The number of aliphatic carboxylic acids is 1. The third-order valence-corrected chi connectivity index (χ3v) is 9.75. The molecule has 52 heavy (non-hydrogen) atoms. The van der Waals surface area contributed by atoms with Crippen LogP contribution in [-0.4, -0.2) is 23.1 Å². The molecule has 0 rings (SSSR count). The lowest BCUT2D eigenvalue weighted by atomic mass is 10.0. The summed E-state index contributed by atoms with van der Waals surface area (Å²) in [5.74, 6) is -0.642. The molecule has 0 bridgehead atoms. The Hall–Kier alpha value is -2.36. The van der Waals surface area contributed by atoms with E-state index in [9.17, 15) is 9.59 Å². The monoisotopic (exact) mass is 725 g/mol. The maximum atomic E-state index is 12.7. The summed E-state index contributed by atoms with van der Waals surface area (Å²) < 4.78 is 6.02. The van der Waals surface area contributed by atoms with Gasteiger partial charge in [0.15, 0.2) is 0 Å². The van der Waals surface area contributed by atoms with Crippen LogP contribution >= 0.6 is 0 Å². The maximum absolute atomic E-state index is 12.7. The number of carboxylic acids is 1. The average molecular weight is 725 g/mol. The third-order valence-electron chi connectivity index (χ3n) is 9.75. The minimum absolute atomic E-state index is 0.0254. The Balaban J connectivity index is 3.83. The largest absolute Gasteiger partial charge is 0.481 e. The molecule has 300 valence electrons. The molecular formula is C48H84O4. The van der Waals surface area contributed by atoms with Gasteiger partial charge in [-0.1, -0.05) is 190 Å². The van der Waals surface area contributed by atoms with Crippen LogP contribution in [0.3, 0.4) is 0 Å². The first kappa shape index (κ1) is 49.6. The molecule has 0 aliphatic rings. The molecule has 4 heteroatoms.